The molecule has 0 amide bonds. The number of hydrogen-bond acceptors (Lipinski definition) is 3. The zero-order valence-electron chi connectivity index (χ0n) is 15.9. The largest absolute Gasteiger partial charge is 0.486 e. The topological polar surface area (TPSA) is 58.9 Å². The summed E-state index contributed by atoms with van der Waals surface area (Å²) in [4.78, 5) is 15.4. The molecule has 0 aliphatic rings. The van der Waals surface area contributed by atoms with Crippen LogP contribution in [0.25, 0.3) is 0 Å². The third-order valence-electron chi connectivity index (χ3n) is 4.53. The molecule has 0 spiro atoms. The van der Waals surface area contributed by atoms with Crippen LogP contribution in [-0.2, 0) is 6.61 Å². The van der Waals surface area contributed by atoms with E-state index in [0.29, 0.717) is 15.8 Å². The number of carbonyl (C=O) groups is 1. The summed E-state index contributed by atoms with van der Waals surface area (Å²) in [5.41, 5.74) is 4.98. The van der Waals surface area contributed by atoms with Gasteiger partial charge in [-0.2, -0.15) is 0 Å². The number of carboxylic acid groups (broad SMARTS) is 1. The van der Waals surface area contributed by atoms with E-state index in [9.17, 15) is 4.79 Å². The summed E-state index contributed by atoms with van der Waals surface area (Å²) >= 11 is 12.7. The maximum absolute atomic E-state index is 10.9. The second-order valence-corrected chi connectivity index (χ2v) is 7.40. The van der Waals surface area contributed by atoms with Gasteiger partial charge in [0.05, 0.1) is 21.3 Å². The maximum Gasteiger partial charge on any atom is 0.335 e. The standard InChI is InChI=1S/C23H19Cl2NO3/c1-14-4-3-5-21(15(14)2)26-12-17-10-19(24)22(20(25)11-17)29-13-16-6-8-18(9-7-16)23(27)28/h3-12H,13H2,1-2H3,(H,27,28). The molecule has 0 aliphatic carbocycles. The summed E-state index contributed by atoms with van der Waals surface area (Å²) < 4.78 is 5.75. The molecule has 0 unspecified atom stereocenters. The fourth-order valence-corrected chi connectivity index (χ4v) is 3.32. The molecule has 0 fully saturated rings. The summed E-state index contributed by atoms with van der Waals surface area (Å²) in [7, 11) is 0. The molecule has 0 radical (unpaired) electrons. The van der Waals surface area contributed by atoms with Crippen molar-refractivity contribution in [2.45, 2.75) is 20.5 Å². The Bertz CT molecular complexity index is 1050. The van der Waals surface area contributed by atoms with Crippen molar-refractivity contribution in [1.82, 2.24) is 0 Å². The van der Waals surface area contributed by atoms with Crippen molar-refractivity contribution in [3.63, 3.8) is 0 Å². The number of nitrogens with zero attached hydrogens (tertiary/aromatic N) is 1. The third-order valence-corrected chi connectivity index (χ3v) is 5.09. The number of benzene rings is 3. The lowest BCUT2D eigenvalue weighted by Crippen LogP contribution is -2.00. The van der Waals surface area contributed by atoms with Gasteiger partial charge < -0.3 is 9.84 Å². The van der Waals surface area contributed by atoms with E-state index in [1.165, 1.54) is 17.7 Å². The monoisotopic (exact) mass is 427 g/mol. The molecule has 3 aromatic carbocycles. The minimum absolute atomic E-state index is 0.218. The van der Waals surface area contributed by atoms with E-state index in [-0.39, 0.29) is 12.2 Å². The van der Waals surface area contributed by atoms with Gasteiger partial charge in [-0.15, -0.1) is 0 Å². The van der Waals surface area contributed by atoms with Gasteiger partial charge in [-0.3, -0.25) is 4.99 Å². The molecule has 0 saturated carbocycles. The number of aliphatic imine (C=N–C) groups is 1. The Morgan fingerprint density at radius 1 is 1.07 bits per heavy atom. The van der Waals surface area contributed by atoms with Gasteiger partial charge in [0.15, 0.2) is 5.75 Å². The van der Waals surface area contributed by atoms with Crippen LogP contribution in [-0.4, -0.2) is 17.3 Å². The quantitative estimate of drug-likeness (QED) is 0.448. The van der Waals surface area contributed by atoms with Crippen molar-refractivity contribution in [2.24, 2.45) is 4.99 Å². The highest BCUT2D eigenvalue weighted by molar-refractivity contribution is 6.37. The number of ether oxygens (including phenoxy) is 1. The molecule has 3 rings (SSSR count). The van der Waals surface area contributed by atoms with Crippen molar-refractivity contribution < 1.29 is 14.6 Å². The summed E-state index contributed by atoms with van der Waals surface area (Å²) in [5, 5.41) is 9.70. The van der Waals surface area contributed by atoms with Crippen molar-refractivity contribution in [3.8, 4) is 5.75 Å². The van der Waals surface area contributed by atoms with Crippen LogP contribution in [0.4, 0.5) is 5.69 Å². The minimum Gasteiger partial charge on any atom is -0.486 e. The van der Waals surface area contributed by atoms with Crippen LogP contribution in [0.15, 0.2) is 59.6 Å². The molecule has 1 N–H and O–H groups in total. The van der Waals surface area contributed by atoms with Gasteiger partial charge >= 0.3 is 5.97 Å². The first-order valence-electron chi connectivity index (χ1n) is 8.89. The molecule has 4 nitrogen and oxygen atoms in total. The van der Waals surface area contributed by atoms with E-state index in [2.05, 4.69) is 4.99 Å². The summed E-state index contributed by atoms with van der Waals surface area (Å²) in [5.74, 6) is -0.596. The van der Waals surface area contributed by atoms with Crippen LogP contribution in [0.2, 0.25) is 10.0 Å². The Morgan fingerprint density at radius 3 is 2.34 bits per heavy atom. The number of aryl methyl sites for hydroxylation is 1. The first kappa shape index (κ1) is 20.9. The molecule has 0 aliphatic heterocycles. The molecule has 6 heteroatoms. The van der Waals surface area contributed by atoms with Crippen LogP contribution in [0, 0.1) is 13.8 Å². The molecular formula is C23H19Cl2NO3. The Kier molecular flexibility index (Phi) is 6.57. The highest BCUT2D eigenvalue weighted by Gasteiger charge is 2.10. The van der Waals surface area contributed by atoms with Crippen LogP contribution in [0.1, 0.15) is 32.6 Å². The third kappa shape index (κ3) is 5.17. The van der Waals surface area contributed by atoms with E-state index in [1.807, 2.05) is 32.0 Å². The normalized spacial score (nSPS) is 11.0. The van der Waals surface area contributed by atoms with Crippen LogP contribution in [0.5, 0.6) is 5.75 Å². The van der Waals surface area contributed by atoms with Crippen molar-refractivity contribution >= 4 is 41.1 Å². The number of aromatic carboxylic acids is 1. The number of halogens is 2. The predicted molar refractivity (Wildman–Crippen MR) is 117 cm³/mol. The van der Waals surface area contributed by atoms with Gasteiger partial charge in [-0.05, 0) is 66.4 Å². The highest BCUT2D eigenvalue weighted by atomic mass is 35.5. The first-order valence-corrected chi connectivity index (χ1v) is 9.65. The van der Waals surface area contributed by atoms with Gasteiger partial charge in [0.1, 0.15) is 6.61 Å². The molecule has 0 saturated heterocycles. The van der Waals surface area contributed by atoms with E-state index >= 15 is 0 Å². The van der Waals surface area contributed by atoms with Crippen molar-refractivity contribution in [3.05, 3.63) is 92.5 Å². The van der Waals surface area contributed by atoms with Crippen LogP contribution < -0.4 is 4.74 Å². The van der Waals surface area contributed by atoms with Gasteiger partial charge in [0.2, 0.25) is 0 Å². The second-order valence-electron chi connectivity index (χ2n) is 6.58. The van der Waals surface area contributed by atoms with Gasteiger partial charge in [0, 0.05) is 6.21 Å². The molecule has 0 heterocycles. The maximum atomic E-state index is 10.9. The molecule has 29 heavy (non-hydrogen) atoms. The van der Waals surface area contributed by atoms with Gasteiger partial charge in [0.25, 0.3) is 0 Å². The van der Waals surface area contributed by atoms with Crippen molar-refractivity contribution in [2.75, 3.05) is 0 Å². The number of hydrogen-bond donors (Lipinski definition) is 1. The van der Waals surface area contributed by atoms with Crippen LogP contribution in [0.3, 0.4) is 0 Å². The average molecular weight is 428 g/mol. The van der Waals surface area contributed by atoms with E-state index < -0.39 is 5.97 Å². The van der Waals surface area contributed by atoms with E-state index in [4.69, 9.17) is 33.0 Å². The summed E-state index contributed by atoms with van der Waals surface area (Å²) in [6.07, 6.45) is 1.72. The lowest BCUT2D eigenvalue weighted by Gasteiger charge is -2.11. The Morgan fingerprint density at radius 2 is 1.72 bits per heavy atom. The van der Waals surface area contributed by atoms with Gasteiger partial charge in [-0.1, -0.05) is 47.5 Å². The summed E-state index contributed by atoms with van der Waals surface area (Å²) in [6, 6.07) is 15.9. The van der Waals surface area contributed by atoms with E-state index in [1.54, 1.807) is 30.5 Å². The predicted octanol–water partition coefficient (Wildman–Crippen LogP) is 6.64. The fraction of sp³-hybridized carbons (Fsp3) is 0.130. The Labute approximate surface area is 179 Å². The second kappa shape index (κ2) is 9.12. The lowest BCUT2D eigenvalue weighted by molar-refractivity contribution is 0.0697. The molecule has 3 aromatic rings. The number of carboxylic acids is 1. The first-order chi connectivity index (χ1) is 13.8. The molecule has 0 bridgehead atoms. The zero-order valence-corrected chi connectivity index (χ0v) is 17.5. The van der Waals surface area contributed by atoms with Crippen LogP contribution >= 0.6 is 23.2 Å². The highest BCUT2D eigenvalue weighted by Crippen LogP contribution is 2.34. The molecule has 0 atom stereocenters. The smallest absolute Gasteiger partial charge is 0.335 e. The summed E-state index contributed by atoms with van der Waals surface area (Å²) in [6.45, 7) is 4.29. The lowest BCUT2D eigenvalue weighted by atomic mass is 10.1. The Balaban J connectivity index is 1.74. The average Bonchev–Trinajstić information content (AvgIpc) is 2.69. The van der Waals surface area contributed by atoms with Gasteiger partial charge in [-0.25, -0.2) is 4.79 Å². The molecule has 148 valence electrons. The number of rotatable bonds is 6. The molecule has 0 aromatic heterocycles. The molecular weight excluding hydrogens is 409 g/mol. The van der Waals surface area contributed by atoms with Crippen molar-refractivity contribution in [1.29, 1.82) is 0 Å². The minimum atomic E-state index is -0.971. The Hall–Kier alpha value is -2.82. The SMILES string of the molecule is Cc1cccc(N=Cc2cc(Cl)c(OCc3ccc(C(=O)O)cc3)c(Cl)c2)c1C. The fourth-order valence-electron chi connectivity index (χ4n) is 2.71. The zero-order chi connectivity index (χ0) is 21.0. The van der Waals surface area contributed by atoms with E-state index in [0.717, 1.165) is 22.4 Å².